The lowest BCUT2D eigenvalue weighted by Gasteiger charge is -2.13. The van der Waals surface area contributed by atoms with Crippen molar-refractivity contribution in [2.45, 2.75) is 6.54 Å². The molecule has 8 heteroatoms. The zero-order valence-corrected chi connectivity index (χ0v) is 13.2. The predicted octanol–water partition coefficient (Wildman–Crippen LogP) is 0.764. The summed E-state index contributed by atoms with van der Waals surface area (Å²) in [7, 11) is 1.52. The smallest absolute Gasteiger partial charge is 0.322 e. The maximum atomic E-state index is 12.0. The molecule has 0 atom stereocenters. The van der Waals surface area contributed by atoms with Crippen LogP contribution in [-0.2, 0) is 16.1 Å². The SMILES string of the molecule is CN1CC(=O)N(CC(=O)Nc2cnn(Cc3ccccc3)c2)C1=O. The average Bonchev–Trinajstić information content (AvgIpc) is 3.08. The molecule has 1 saturated heterocycles. The molecule has 124 valence electrons. The number of nitrogens with zero attached hydrogens (tertiary/aromatic N) is 4. The third kappa shape index (κ3) is 3.43. The Labute approximate surface area is 138 Å². The van der Waals surface area contributed by atoms with Crippen LogP contribution in [0.1, 0.15) is 5.56 Å². The molecule has 0 saturated carbocycles. The first kappa shape index (κ1) is 15.7. The van der Waals surface area contributed by atoms with Crippen molar-refractivity contribution in [2.75, 3.05) is 25.5 Å². The molecule has 0 unspecified atom stereocenters. The van der Waals surface area contributed by atoms with Crippen molar-refractivity contribution in [3.05, 3.63) is 48.3 Å². The van der Waals surface area contributed by atoms with Crippen LogP contribution in [0.2, 0.25) is 0 Å². The highest BCUT2D eigenvalue weighted by Gasteiger charge is 2.34. The highest BCUT2D eigenvalue weighted by molar-refractivity contribution is 6.06. The molecule has 1 N–H and O–H groups in total. The maximum Gasteiger partial charge on any atom is 0.327 e. The Morgan fingerprint density at radius 3 is 2.67 bits per heavy atom. The molecule has 0 bridgehead atoms. The van der Waals surface area contributed by atoms with E-state index < -0.39 is 11.9 Å². The number of carbonyl (C=O) groups excluding carboxylic acids is 3. The number of hydrogen-bond acceptors (Lipinski definition) is 4. The van der Waals surface area contributed by atoms with Crippen molar-refractivity contribution in [1.29, 1.82) is 0 Å². The lowest BCUT2D eigenvalue weighted by Crippen LogP contribution is -2.38. The molecular formula is C16H17N5O3. The van der Waals surface area contributed by atoms with Crippen LogP contribution in [0.3, 0.4) is 0 Å². The first-order valence-corrected chi connectivity index (χ1v) is 7.44. The fourth-order valence-electron chi connectivity index (χ4n) is 2.45. The largest absolute Gasteiger partial charge is 0.327 e. The van der Waals surface area contributed by atoms with Crippen LogP contribution in [0.25, 0.3) is 0 Å². The molecule has 0 radical (unpaired) electrons. The first-order chi connectivity index (χ1) is 11.5. The highest BCUT2D eigenvalue weighted by atomic mass is 16.2. The summed E-state index contributed by atoms with van der Waals surface area (Å²) in [5, 5.41) is 6.83. The van der Waals surface area contributed by atoms with E-state index in [-0.39, 0.29) is 19.0 Å². The molecule has 1 aromatic heterocycles. The van der Waals surface area contributed by atoms with Gasteiger partial charge in [-0.25, -0.2) is 4.79 Å². The number of carbonyl (C=O) groups is 3. The Bertz CT molecular complexity index is 771. The first-order valence-electron chi connectivity index (χ1n) is 7.44. The van der Waals surface area contributed by atoms with Crippen LogP contribution in [0.4, 0.5) is 10.5 Å². The summed E-state index contributed by atoms with van der Waals surface area (Å²) in [6, 6.07) is 9.35. The molecule has 1 fully saturated rings. The predicted molar refractivity (Wildman–Crippen MR) is 86.1 cm³/mol. The van der Waals surface area contributed by atoms with E-state index in [1.165, 1.54) is 18.1 Å². The quantitative estimate of drug-likeness (QED) is 0.822. The summed E-state index contributed by atoms with van der Waals surface area (Å²) in [5.74, 6) is -0.816. The summed E-state index contributed by atoms with van der Waals surface area (Å²) >= 11 is 0. The molecule has 4 amide bonds. The molecule has 1 aliphatic rings. The third-order valence-corrected chi connectivity index (χ3v) is 3.64. The lowest BCUT2D eigenvalue weighted by atomic mass is 10.2. The van der Waals surface area contributed by atoms with Gasteiger partial charge in [-0.1, -0.05) is 30.3 Å². The molecule has 8 nitrogen and oxygen atoms in total. The van der Waals surface area contributed by atoms with E-state index in [1.54, 1.807) is 10.9 Å². The van der Waals surface area contributed by atoms with Crippen molar-refractivity contribution < 1.29 is 14.4 Å². The van der Waals surface area contributed by atoms with E-state index in [9.17, 15) is 14.4 Å². The Morgan fingerprint density at radius 2 is 2.00 bits per heavy atom. The molecule has 2 heterocycles. The number of likely N-dealkylation sites (N-methyl/N-ethyl adjacent to an activating group) is 1. The number of urea groups is 1. The molecule has 0 spiro atoms. The molecule has 1 aromatic carbocycles. The minimum atomic E-state index is -0.463. The Hall–Kier alpha value is -3.16. The van der Waals surface area contributed by atoms with Gasteiger partial charge >= 0.3 is 6.03 Å². The molecule has 3 rings (SSSR count). The van der Waals surface area contributed by atoms with Gasteiger partial charge < -0.3 is 10.2 Å². The van der Waals surface area contributed by atoms with E-state index in [0.29, 0.717) is 12.2 Å². The summed E-state index contributed by atoms with van der Waals surface area (Å²) < 4.78 is 1.70. The van der Waals surface area contributed by atoms with Crippen molar-refractivity contribution in [2.24, 2.45) is 0 Å². The number of rotatable bonds is 5. The van der Waals surface area contributed by atoms with E-state index >= 15 is 0 Å². The molecule has 1 aliphatic heterocycles. The highest BCUT2D eigenvalue weighted by Crippen LogP contribution is 2.10. The maximum absolute atomic E-state index is 12.0. The van der Waals surface area contributed by atoms with E-state index in [0.717, 1.165) is 10.5 Å². The van der Waals surface area contributed by atoms with Crippen LogP contribution in [0.15, 0.2) is 42.7 Å². The zero-order chi connectivity index (χ0) is 17.1. The van der Waals surface area contributed by atoms with Gasteiger partial charge in [0.1, 0.15) is 13.1 Å². The summed E-state index contributed by atoms with van der Waals surface area (Å²) in [6.07, 6.45) is 3.23. The monoisotopic (exact) mass is 327 g/mol. The van der Waals surface area contributed by atoms with Crippen molar-refractivity contribution >= 4 is 23.5 Å². The minimum absolute atomic E-state index is 0.00111. The van der Waals surface area contributed by atoms with Gasteiger partial charge in [0.15, 0.2) is 0 Å². The fraction of sp³-hybridized carbons (Fsp3) is 0.250. The topological polar surface area (TPSA) is 87.5 Å². The van der Waals surface area contributed by atoms with E-state index in [2.05, 4.69) is 10.4 Å². The van der Waals surface area contributed by atoms with Gasteiger partial charge in [0.05, 0.1) is 18.4 Å². The van der Waals surface area contributed by atoms with Gasteiger partial charge in [-0.15, -0.1) is 0 Å². The number of anilines is 1. The van der Waals surface area contributed by atoms with Gasteiger partial charge in [0.25, 0.3) is 5.91 Å². The summed E-state index contributed by atoms with van der Waals surface area (Å²) in [6.45, 7) is 0.289. The van der Waals surface area contributed by atoms with Crippen LogP contribution < -0.4 is 5.32 Å². The van der Waals surface area contributed by atoms with Gasteiger partial charge in [0.2, 0.25) is 5.91 Å². The number of amides is 4. The second-order valence-electron chi connectivity index (χ2n) is 5.58. The minimum Gasteiger partial charge on any atom is -0.322 e. The third-order valence-electron chi connectivity index (χ3n) is 3.64. The van der Waals surface area contributed by atoms with Gasteiger partial charge in [-0.05, 0) is 5.56 Å². The standard InChI is InChI=1S/C16H17N5O3/c1-19-11-15(23)21(16(19)24)10-14(22)18-13-7-17-20(9-13)8-12-5-3-2-4-6-12/h2-7,9H,8,10-11H2,1H3,(H,18,22). The zero-order valence-electron chi connectivity index (χ0n) is 13.2. The summed E-state index contributed by atoms with van der Waals surface area (Å²) in [4.78, 5) is 37.6. The number of imide groups is 1. The number of nitrogens with one attached hydrogen (secondary N) is 1. The summed E-state index contributed by atoms with van der Waals surface area (Å²) in [5.41, 5.74) is 1.61. The van der Waals surface area contributed by atoms with E-state index in [4.69, 9.17) is 0 Å². The second kappa shape index (κ2) is 6.53. The second-order valence-corrected chi connectivity index (χ2v) is 5.58. The van der Waals surface area contributed by atoms with Crippen LogP contribution in [0, 0.1) is 0 Å². The van der Waals surface area contributed by atoms with Crippen molar-refractivity contribution in [1.82, 2.24) is 19.6 Å². The number of aromatic nitrogens is 2. The van der Waals surface area contributed by atoms with E-state index in [1.807, 2.05) is 30.3 Å². The Balaban J connectivity index is 1.57. The molecule has 2 aromatic rings. The van der Waals surface area contributed by atoms with Crippen LogP contribution in [-0.4, -0.2) is 57.6 Å². The van der Waals surface area contributed by atoms with Gasteiger partial charge in [-0.3, -0.25) is 19.2 Å². The molecular weight excluding hydrogens is 310 g/mol. The Kier molecular flexibility index (Phi) is 4.28. The van der Waals surface area contributed by atoms with Crippen molar-refractivity contribution in [3.63, 3.8) is 0 Å². The van der Waals surface area contributed by atoms with Crippen molar-refractivity contribution in [3.8, 4) is 0 Å². The van der Waals surface area contributed by atoms with Gasteiger partial charge in [0, 0.05) is 13.2 Å². The average molecular weight is 327 g/mol. The van der Waals surface area contributed by atoms with Crippen LogP contribution in [0.5, 0.6) is 0 Å². The Morgan fingerprint density at radius 1 is 1.25 bits per heavy atom. The van der Waals surface area contributed by atoms with Gasteiger partial charge in [-0.2, -0.15) is 5.10 Å². The molecule has 0 aliphatic carbocycles. The number of hydrogen-bond donors (Lipinski definition) is 1. The molecule has 24 heavy (non-hydrogen) atoms. The van der Waals surface area contributed by atoms with Crippen LogP contribution >= 0.6 is 0 Å². The lowest BCUT2D eigenvalue weighted by molar-refractivity contribution is -0.129. The normalized spacial score (nSPS) is 14.4. The fourth-order valence-corrected chi connectivity index (χ4v) is 2.45. The number of benzene rings is 1.